The van der Waals surface area contributed by atoms with Crippen LogP contribution in [0.5, 0.6) is 0 Å². The lowest BCUT2D eigenvalue weighted by Crippen LogP contribution is -2.51. The molecule has 1 aromatic carbocycles. The molecule has 0 saturated carbocycles. The summed E-state index contributed by atoms with van der Waals surface area (Å²) in [5, 5.41) is 5.21. The van der Waals surface area contributed by atoms with E-state index in [1.165, 1.54) is 11.1 Å². The van der Waals surface area contributed by atoms with E-state index in [-0.39, 0.29) is 5.91 Å². The van der Waals surface area contributed by atoms with Gasteiger partial charge in [-0.1, -0.05) is 13.0 Å². The number of aryl methyl sites for hydroxylation is 4. The number of piperazine rings is 1. The number of hydrogen-bond acceptors (Lipinski definition) is 5. The number of fused-ring (bicyclic) bond motifs is 1. The average molecular weight is 364 g/mol. The van der Waals surface area contributed by atoms with Gasteiger partial charge in [-0.25, -0.2) is 9.97 Å². The van der Waals surface area contributed by atoms with Crippen molar-refractivity contribution in [2.45, 2.75) is 27.2 Å². The van der Waals surface area contributed by atoms with Crippen molar-refractivity contribution in [3.8, 4) is 0 Å². The van der Waals surface area contributed by atoms with Crippen LogP contribution in [0.3, 0.4) is 0 Å². The van der Waals surface area contributed by atoms with Crippen LogP contribution in [-0.4, -0.2) is 45.3 Å². The minimum absolute atomic E-state index is 0.0833. The van der Waals surface area contributed by atoms with Crippen LogP contribution in [0.15, 0.2) is 24.4 Å². The molecule has 7 nitrogen and oxygen atoms in total. The topological polar surface area (TPSA) is 67.2 Å². The van der Waals surface area contributed by atoms with E-state index in [1.54, 1.807) is 10.9 Å². The van der Waals surface area contributed by atoms with E-state index in [0.29, 0.717) is 13.1 Å². The number of anilines is 2. The van der Waals surface area contributed by atoms with Crippen LogP contribution >= 0.6 is 0 Å². The molecule has 0 spiro atoms. The molecule has 0 unspecified atom stereocenters. The van der Waals surface area contributed by atoms with Crippen LogP contribution in [-0.2, 0) is 18.3 Å². The van der Waals surface area contributed by atoms with Crippen molar-refractivity contribution in [1.29, 1.82) is 0 Å². The van der Waals surface area contributed by atoms with E-state index in [1.807, 2.05) is 23.8 Å². The van der Waals surface area contributed by atoms with E-state index in [4.69, 9.17) is 4.98 Å². The first kappa shape index (κ1) is 17.5. The van der Waals surface area contributed by atoms with Gasteiger partial charge in [0.25, 0.3) is 0 Å². The Balaban J connectivity index is 1.65. The van der Waals surface area contributed by atoms with Crippen LogP contribution in [0.1, 0.15) is 23.9 Å². The van der Waals surface area contributed by atoms with Gasteiger partial charge in [0.1, 0.15) is 11.6 Å². The van der Waals surface area contributed by atoms with Gasteiger partial charge in [0.15, 0.2) is 5.65 Å². The maximum absolute atomic E-state index is 12.9. The van der Waals surface area contributed by atoms with Crippen molar-refractivity contribution >= 4 is 28.4 Å². The molecule has 0 aliphatic carbocycles. The molecule has 1 amide bonds. The van der Waals surface area contributed by atoms with Gasteiger partial charge in [-0.05, 0) is 37.1 Å². The number of carbonyl (C=O) groups is 1. The van der Waals surface area contributed by atoms with Crippen LogP contribution in [0.25, 0.3) is 11.0 Å². The molecule has 4 rings (SSSR count). The molecular weight excluding hydrogens is 340 g/mol. The second-order valence-corrected chi connectivity index (χ2v) is 7.14. The molecule has 3 aromatic rings. The molecule has 3 heterocycles. The average Bonchev–Trinajstić information content (AvgIpc) is 3.01. The quantitative estimate of drug-likeness (QED) is 0.714. The minimum Gasteiger partial charge on any atom is -0.345 e. The van der Waals surface area contributed by atoms with Gasteiger partial charge >= 0.3 is 0 Å². The zero-order valence-electron chi connectivity index (χ0n) is 16.2. The smallest absolute Gasteiger partial charge is 0.246 e. The molecule has 0 bridgehead atoms. The minimum atomic E-state index is 0.0833. The van der Waals surface area contributed by atoms with Gasteiger partial charge in [0, 0.05) is 32.2 Å². The highest BCUT2D eigenvalue weighted by Crippen LogP contribution is 2.27. The Morgan fingerprint density at radius 1 is 1.07 bits per heavy atom. The first-order chi connectivity index (χ1) is 13.0. The summed E-state index contributed by atoms with van der Waals surface area (Å²) in [4.78, 5) is 26.1. The lowest BCUT2D eigenvalue weighted by Gasteiger charge is -2.35. The van der Waals surface area contributed by atoms with Crippen LogP contribution in [0, 0.1) is 13.8 Å². The lowest BCUT2D eigenvalue weighted by atomic mass is 10.1. The number of nitrogens with zero attached hydrogens (tertiary/aromatic N) is 6. The molecule has 27 heavy (non-hydrogen) atoms. The molecule has 2 aromatic heterocycles. The number of rotatable bonds is 3. The Hall–Kier alpha value is -2.96. The summed E-state index contributed by atoms with van der Waals surface area (Å²) in [5.74, 6) is 1.66. The first-order valence-electron chi connectivity index (χ1n) is 9.28. The third-order valence-corrected chi connectivity index (χ3v) is 4.97. The van der Waals surface area contributed by atoms with Gasteiger partial charge in [0.05, 0.1) is 18.1 Å². The summed E-state index contributed by atoms with van der Waals surface area (Å²) < 4.78 is 1.76. The molecule has 140 valence electrons. The van der Waals surface area contributed by atoms with E-state index >= 15 is 0 Å². The van der Waals surface area contributed by atoms with E-state index < -0.39 is 0 Å². The second kappa shape index (κ2) is 6.64. The highest BCUT2D eigenvalue weighted by molar-refractivity contribution is 5.99. The Kier molecular flexibility index (Phi) is 4.30. The third kappa shape index (κ3) is 3.13. The lowest BCUT2D eigenvalue weighted by molar-refractivity contribution is -0.117. The fraction of sp³-hybridized carbons (Fsp3) is 0.400. The van der Waals surface area contributed by atoms with E-state index in [2.05, 4.69) is 42.1 Å². The number of hydrogen-bond donors (Lipinski definition) is 0. The Labute approximate surface area is 158 Å². The predicted octanol–water partition coefficient (Wildman–Crippen LogP) is 2.40. The summed E-state index contributed by atoms with van der Waals surface area (Å²) in [6, 6.07) is 6.26. The molecular formula is C20H24N6O. The zero-order valence-corrected chi connectivity index (χ0v) is 16.2. The summed E-state index contributed by atoms with van der Waals surface area (Å²) >= 11 is 0. The summed E-state index contributed by atoms with van der Waals surface area (Å²) in [5.41, 5.74) is 4.11. The Bertz CT molecular complexity index is 1000. The second-order valence-electron chi connectivity index (χ2n) is 7.14. The summed E-state index contributed by atoms with van der Waals surface area (Å²) in [6.07, 6.45) is 2.52. The SMILES string of the molecule is CCc1nc(N2CCN(c3cc(C)cc(C)c3)C(=O)C2)c2cnn(C)c2n1. The highest BCUT2D eigenvalue weighted by atomic mass is 16.2. The maximum atomic E-state index is 12.9. The number of carbonyl (C=O) groups excluding carboxylic acids is 1. The van der Waals surface area contributed by atoms with Gasteiger partial charge in [-0.15, -0.1) is 0 Å². The van der Waals surface area contributed by atoms with Crippen molar-refractivity contribution in [1.82, 2.24) is 19.7 Å². The Morgan fingerprint density at radius 3 is 2.48 bits per heavy atom. The third-order valence-electron chi connectivity index (χ3n) is 4.97. The van der Waals surface area contributed by atoms with Gasteiger partial charge < -0.3 is 9.80 Å². The monoisotopic (exact) mass is 364 g/mol. The van der Waals surface area contributed by atoms with Gasteiger partial charge in [-0.2, -0.15) is 5.10 Å². The standard InChI is InChI=1S/C20H24N6O/c1-5-17-22-19-16(11-21-24(19)4)20(23-17)25-6-7-26(18(27)12-25)15-9-13(2)8-14(3)10-15/h8-11H,5-7,12H2,1-4H3. The summed E-state index contributed by atoms with van der Waals surface area (Å²) in [7, 11) is 1.88. The molecule has 0 atom stereocenters. The fourth-order valence-corrected chi connectivity index (χ4v) is 3.68. The van der Waals surface area contributed by atoms with E-state index in [9.17, 15) is 4.79 Å². The van der Waals surface area contributed by atoms with Gasteiger partial charge in [-0.3, -0.25) is 9.48 Å². The summed E-state index contributed by atoms with van der Waals surface area (Å²) in [6.45, 7) is 7.81. The van der Waals surface area contributed by atoms with Crippen molar-refractivity contribution < 1.29 is 4.79 Å². The molecule has 7 heteroatoms. The molecule has 1 aliphatic rings. The normalized spacial score (nSPS) is 15.0. The van der Waals surface area contributed by atoms with Crippen LogP contribution < -0.4 is 9.80 Å². The van der Waals surface area contributed by atoms with Crippen molar-refractivity contribution in [3.63, 3.8) is 0 Å². The Morgan fingerprint density at radius 2 is 1.81 bits per heavy atom. The molecule has 0 radical (unpaired) electrons. The first-order valence-corrected chi connectivity index (χ1v) is 9.28. The van der Waals surface area contributed by atoms with Crippen molar-refractivity contribution in [2.24, 2.45) is 7.05 Å². The molecule has 1 saturated heterocycles. The van der Waals surface area contributed by atoms with Crippen molar-refractivity contribution in [3.05, 3.63) is 41.3 Å². The number of aromatic nitrogens is 4. The molecule has 1 aliphatic heterocycles. The number of amides is 1. The van der Waals surface area contributed by atoms with Gasteiger partial charge in [0.2, 0.25) is 5.91 Å². The molecule has 1 fully saturated rings. The van der Waals surface area contributed by atoms with Crippen molar-refractivity contribution in [2.75, 3.05) is 29.4 Å². The predicted molar refractivity (Wildman–Crippen MR) is 106 cm³/mol. The maximum Gasteiger partial charge on any atom is 0.246 e. The van der Waals surface area contributed by atoms with Crippen LogP contribution in [0.4, 0.5) is 11.5 Å². The highest BCUT2D eigenvalue weighted by Gasteiger charge is 2.28. The number of benzene rings is 1. The van der Waals surface area contributed by atoms with Crippen LogP contribution in [0.2, 0.25) is 0 Å². The molecule has 0 N–H and O–H groups in total. The van der Waals surface area contributed by atoms with E-state index in [0.717, 1.165) is 41.3 Å². The zero-order chi connectivity index (χ0) is 19.1. The fourth-order valence-electron chi connectivity index (χ4n) is 3.68. The largest absolute Gasteiger partial charge is 0.345 e.